The average Bonchev–Trinajstić information content (AvgIpc) is 3.39. The van der Waals surface area contributed by atoms with Gasteiger partial charge in [0, 0.05) is 26.2 Å². The molecule has 0 fully saturated rings. The summed E-state index contributed by atoms with van der Waals surface area (Å²) < 4.78 is 47.8. The number of halogens is 4. The molecule has 0 atom stereocenters. The topological polar surface area (TPSA) is 154 Å². The fraction of sp³-hybridized carbons (Fsp3) is 0.395. The van der Waals surface area contributed by atoms with Crippen LogP contribution in [0.15, 0.2) is 53.5 Å². The summed E-state index contributed by atoms with van der Waals surface area (Å²) in [6.07, 6.45) is -3.73. The largest absolute Gasteiger partial charge is 0.487 e. The van der Waals surface area contributed by atoms with Crippen LogP contribution in [-0.2, 0) is 34.3 Å². The van der Waals surface area contributed by atoms with E-state index in [1.165, 1.54) is 12.1 Å². The molecule has 2 amide bonds. The van der Waals surface area contributed by atoms with Gasteiger partial charge in [-0.2, -0.15) is 4.99 Å². The van der Waals surface area contributed by atoms with Crippen molar-refractivity contribution in [1.29, 1.82) is 0 Å². The van der Waals surface area contributed by atoms with Gasteiger partial charge in [-0.3, -0.25) is 0 Å². The minimum atomic E-state index is -2.71. The summed E-state index contributed by atoms with van der Waals surface area (Å²) in [7, 11) is 1.71. The zero-order valence-electron chi connectivity index (χ0n) is 32.1. The Hall–Kier alpha value is -5.02. The number of thiocarbonyl (C=S) groups is 1. The Morgan fingerprint density at radius 1 is 0.911 bits per heavy atom. The van der Waals surface area contributed by atoms with Crippen LogP contribution in [0.5, 0.6) is 5.75 Å². The average molecular weight is 838 g/mol. The quantitative estimate of drug-likeness (QED) is 0.0544. The molecule has 18 heteroatoms. The molecule has 0 saturated heterocycles. The van der Waals surface area contributed by atoms with Crippen molar-refractivity contribution in [2.45, 2.75) is 79.2 Å². The Bertz CT molecular complexity index is 2080. The number of fused-ring (bicyclic) bond motifs is 1. The van der Waals surface area contributed by atoms with E-state index in [4.69, 9.17) is 42.1 Å². The first-order valence-corrected chi connectivity index (χ1v) is 18.3. The summed E-state index contributed by atoms with van der Waals surface area (Å²) in [5.41, 5.74) is 2.44. The number of carbonyl (C=O) groups excluding carboxylic acids is 3. The molecule has 3 aromatic carbocycles. The second-order valence-electron chi connectivity index (χ2n) is 13.9. The van der Waals surface area contributed by atoms with E-state index in [1.54, 1.807) is 96.5 Å². The number of nitrogens with zero attached hydrogens (tertiary/aromatic N) is 3. The highest BCUT2D eigenvalue weighted by molar-refractivity contribution is 7.78. The monoisotopic (exact) mass is 836 g/mol. The van der Waals surface area contributed by atoms with Gasteiger partial charge in [-0.15, -0.1) is 0 Å². The number of alkyl carbamates (subject to hydrolysis) is 2. The Kier molecular flexibility index (Phi) is 16.4. The number of carbonyl (C=O) groups is 3. The first-order valence-electron chi connectivity index (χ1n) is 17.1. The number of isothiocyanates is 1. The summed E-state index contributed by atoms with van der Waals surface area (Å²) >= 11 is 16.9. The molecule has 3 N–H and O–H groups in total. The maximum absolute atomic E-state index is 12.8. The molecule has 13 nitrogen and oxygen atoms in total. The number of alkyl halides is 2. The molecule has 1 aromatic heterocycles. The van der Waals surface area contributed by atoms with E-state index in [0.717, 1.165) is 11.1 Å². The van der Waals surface area contributed by atoms with Gasteiger partial charge >= 0.3 is 18.2 Å². The smallest absolute Gasteiger partial charge is 0.407 e. The maximum Gasteiger partial charge on any atom is 0.407 e. The number of ether oxygens (including phenoxy) is 4. The van der Waals surface area contributed by atoms with Crippen LogP contribution in [0.4, 0.5) is 35.7 Å². The lowest BCUT2D eigenvalue weighted by atomic mass is 10.1. The lowest BCUT2D eigenvalue weighted by Crippen LogP contribution is -2.32. The molecular formula is C38H44Cl2F2N6O7S. The first-order chi connectivity index (χ1) is 26.2. The van der Waals surface area contributed by atoms with Crippen LogP contribution in [0.3, 0.4) is 0 Å². The molecule has 4 aromatic rings. The molecule has 0 aliphatic heterocycles. The van der Waals surface area contributed by atoms with Crippen molar-refractivity contribution in [3.8, 4) is 5.75 Å². The number of benzene rings is 3. The van der Waals surface area contributed by atoms with Crippen molar-refractivity contribution in [3.05, 3.63) is 75.3 Å². The van der Waals surface area contributed by atoms with E-state index in [-0.39, 0.29) is 24.5 Å². The lowest BCUT2D eigenvalue weighted by molar-refractivity contribution is 0.0503. The Morgan fingerprint density at radius 2 is 1.48 bits per heavy atom. The number of rotatable bonds is 12. The molecular weight excluding hydrogens is 793 g/mol. The normalized spacial score (nSPS) is 11.2. The molecule has 0 saturated carbocycles. The van der Waals surface area contributed by atoms with Crippen LogP contribution in [0.2, 0.25) is 10.0 Å². The highest BCUT2D eigenvalue weighted by Gasteiger charge is 2.21. The highest BCUT2D eigenvalue weighted by Crippen LogP contribution is 2.32. The number of imidazole rings is 1. The number of aromatic nitrogens is 2. The minimum Gasteiger partial charge on any atom is -0.487 e. The van der Waals surface area contributed by atoms with Gasteiger partial charge in [-0.1, -0.05) is 35.3 Å². The van der Waals surface area contributed by atoms with E-state index >= 15 is 0 Å². The van der Waals surface area contributed by atoms with Gasteiger partial charge < -0.3 is 39.5 Å². The predicted molar refractivity (Wildman–Crippen MR) is 215 cm³/mol. The van der Waals surface area contributed by atoms with Gasteiger partial charge in [0.05, 0.1) is 44.2 Å². The minimum absolute atomic E-state index is 0.00658. The van der Waals surface area contributed by atoms with Gasteiger partial charge in [-0.25, -0.2) is 28.1 Å². The van der Waals surface area contributed by atoms with Crippen LogP contribution in [0, 0.1) is 0 Å². The number of nitrogens with one attached hydrogen (secondary N) is 3. The number of hydrogen-bond acceptors (Lipinski definition) is 11. The fourth-order valence-electron chi connectivity index (χ4n) is 4.65. The second kappa shape index (κ2) is 20.2. The lowest BCUT2D eigenvalue weighted by Gasteiger charge is -2.19. The molecule has 0 bridgehead atoms. The summed E-state index contributed by atoms with van der Waals surface area (Å²) in [6.45, 7) is 12.1. The number of aliphatic imine (C=N–C) groups is 1. The number of amides is 2. The zero-order chi connectivity index (χ0) is 41.8. The Balaban J connectivity index is 0.000000372. The van der Waals surface area contributed by atoms with E-state index in [0.29, 0.717) is 44.9 Å². The van der Waals surface area contributed by atoms with E-state index < -0.39 is 42.4 Å². The van der Waals surface area contributed by atoms with Gasteiger partial charge in [0.2, 0.25) is 5.95 Å². The second-order valence-corrected chi connectivity index (χ2v) is 14.9. The molecule has 302 valence electrons. The van der Waals surface area contributed by atoms with Crippen LogP contribution in [-0.4, -0.2) is 63.7 Å². The van der Waals surface area contributed by atoms with Crippen molar-refractivity contribution in [1.82, 2.24) is 20.2 Å². The van der Waals surface area contributed by atoms with Gasteiger partial charge in [0.25, 0.3) is 6.43 Å². The predicted octanol–water partition coefficient (Wildman–Crippen LogP) is 9.91. The van der Waals surface area contributed by atoms with E-state index in [1.807, 2.05) is 0 Å². The van der Waals surface area contributed by atoms with Crippen LogP contribution >= 0.6 is 35.4 Å². The third-order valence-corrected chi connectivity index (χ3v) is 7.71. The summed E-state index contributed by atoms with van der Waals surface area (Å²) in [5.74, 6) is -0.369. The van der Waals surface area contributed by atoms with Crippen molar-refractivity contribution in [2.24, 2.45) is 12.0 Å². The number of esters is 1. The third kappa shape index (κ3) is 14.6. The fourth-order valence-corrected chi connectivity index (χ4v) is 5.07. The van der Waals surface area contributed by atoms with Gasteiger partial charge in [0.1, 0.15) is 29.1 Å². The summed E-state index contributed by atoms with van der Waals surface area (Å²) in [5, 5.41) is 11.6. The summed E-state index contributed by atoms with van der Waals surface area (Å²) in [4.78, 5) is 44.2. The molecule has 0 radical (unpaired) electrons. The summed E-state index contributed by atoms with van der Waals surface area (Å²) in [6, 6.07) is 13.3. The van der Waals surface area contributed by atoms with Crippen LogP contribution < -0.4 is 20.7 Å². The van der Waals surface area contributed by atoms with E-state index in [2.05, 4.69) is 43.3 Å². The van der Waals surface area contributed by atoms with Crippen LogP contribution in [0.25, 0.3) is 11.0 Å². The molecule has 56 heavy (non-hydrogen) atoms. The Labute approximate surface area is 339 Å². The molecule has 0 unspecified atom stereocenters. The van der Waals surface area contributed by atoms with Gasteiger partial charge in [0.15, 0.2) is 0 Å². The van der Waals surface area contributed by atoms with Crippen molar-refractivity contribution < 1.29 is 42.1 Å². The highest BCUT2D eigenvalue weighted by atomic mass is 35.5. The van der Waals surface area contributed by atoms with Crippen molar-refractivity contribution in [3.63, 3.8) is 0 Å². The molecule has 1 heterocycles. The zero-order valence-corrected chi connectivity index (χ0v) is 34.5. The Morgan fingerprint density at radius 3 is 2.02 bits per heavy atom. The molecule has 4 rings (SSSR count). The molecule has 0 aliphatic carbocycles. The van der Waals surface area contributed by atoms with Crippen molar-refractivity contribution >= 4 is 87.1 Å². The van der Waals surface area contributed by atoms with E-state index in [9.17, 15) is 23.2 Å². The SMILES string of the molecule is CC(C)(C)OC(=O)NCc1ccc(Cl)c(N=C=S)c1.CCOC(=O)c1cc2nc(Nc3cc(CNC(=O)OC(C)(C)C)ccc3Cl)n(C)c2cc1OCC(F)F. The number of hydrogen-bond donors (Lipinski definition) is 3. The molecule has 0 aliphatic rings. The first kappa shape index (κ1) is 45.4. The van der Waals surface area contributed by atoms with Gasteiger partial charge in [-0.05, 0) is 102 Å². The number of anilines is 2. The molecule has 0 spiro atoms. The standard InChI is InChI=1S/C25H29ClF2N4O5.C13H15ClN2O2S/c1-6-35-22(33)15-10-18-19(11-20(15)36-13-21(27)28)32(5)23(31-18)30-17-9-14(7-8-16(17)26)12-29-24(34)37-25(2,3)4;1-13(2,3)18-12(17)15-7-9-4-5-10(14)11(6-9)16-8-19/h7-11,21H,6,12-13H2,1-5H3,(H,29,34)(H,30,31);4-6H,7H2,1-3H3,(H,15,17). The third-order valence-electron chi connectivity index (χ3n) is 6.97. The van der Waals surface area contributed by atoms with Crippen LogP contribution in [0.1, 0.15) is 70.0 Å². The number of aryl methyl sites for hydroxylation is 1. The maximum atomic E-state index is 12.8. The van der Waals surface area contributed by atoms with Crippen molar-refractivity contribution in [2.75, 3.05) is 18.5 Å².